The van der Waals surface area contributed by atoms with Gasteiger partial charge in [-0.25, -0.2) is 4.39 Å². The van der Waals surface area contributed by atoms with Gasteiger partial charge in [-0.3, -0.25) is 9.78 Å². The van der Waals surface area contributed by atoms with Crippen molar-refractivity contribution in [3.8, 4) is 0 Å². The summed E-state index contributed by atoms with van der Waals surface area (Å²) in [6.45, 7) is 1.51. The van der Waals surface area contributed by atoms with Gasteiger partial charge in [-0.05, 0) is 42.0 Å². The first kappa shape index (κ1) is 15.8. The van der Waals surface area contributed by atoms with Gasteiger partial charge in [0.1, 0.15) is 17.6 Å². The summed E-state index contributed by atoms with van der Waals surface area (Å²) in [6, 6.07) is 10.1. The Kier molecular flexibility index (Phi) is 3.97. The molecule has 0 radical (unpaired) electrons. The standard InChI is InChI=1S/C19H18FN3O2/c1-22-16-3-2-15(20)10-14(16)11-17(22)19(24)23-8-9-25-18(12-23)13-4-6-21-7-5-13/h2-7,10-11,18H,8-9,12H2,1H3. The van der Waals surface area contributed by atoms with Crippen LogP contribution in [0.3, 0.4) is 0 Å². The van der Waals surface area contributed by atoms with Gasteiger partial charge >= 0.3 is 0 Å². The lowest BCUT2D eigenvalue weighted by Crippen LogP contribution is -2.42. The number of carbonyl (C=O) groups is 1. The smallest absolute Gasteiger partial charge is 0.270 e. The lowest BCUT2D eigenvalue weighted by atomic mass is 10.1. The number of nitrogens with zero attached hydrogens (tertiary/aromatic N) is 3. The Hall–Kier alpha value is -2.73. The average molecular weight is 339 g/mol. The number of ether oxygens (including phenoxy) is 1. The molecule has 2 aromatic heterocycles. The molecular weight excluding hydrogens is 321 g/mol. The zero-order chi connectivity index (χ0) is 17.4. The topological polar surface area (TPSA) is 47.4 Å². The number of carbonyl (C=O) groups excluding carboxylic acids is 1. The normalized spacial score (nSPS) is 17.8. The van der Waals surface area contributed by atoms with E-state index in [9.17, 15) is 9.18 Å². The predicted octanol–water partition coefficient (Wildman–Crippen LogP) is 2.93. The molecule has 25 heavy (non-hydrogen) atoms. The summed E-state index contributed by atoms with van der Waals surface area (Å²) in [5.41, 5.74) is 2.39. The van der Waals surface area contributed by atoms with E-state index in [-0.39, 0.29) is 17.8 Å². The monoisotopic (exact) mass is 339 g/mol. The van der Waals surface area contributed by atoms with E-state index in [1.165, 1.54) is 12.1 Å². The first-order valence-corrected chi connectivity index (χ1v) is 8.19. The Labute approximate surface area is 144 Å². The fourth-order valence-corrected chi connectivity index (χ4v) is 3.30. The molecule has 4 rings (SSSR count). The van der Waals surface area contributed by atoms with E-state index >= 15 is 0 Å². The number of hydrogen-bond donors (Lipinski definition) is 0. The number of hydrogen-bond acceptors (Lipinski definition) is 3. The minimum Gasteiger partial charge on any atom is -0.370 e. The highest BCUT2D eigenvalue weighted by molar-refractivity contribution is 5.98. The summed E-state index contributed by atoms with van der Waals surface area (Å²) >= 11 is 0. The van der Waals surface area contributed by atoms with Crippen molar-refractivity contribution < 1.29 is 13.9 Å². The zero-order valence-corrected chi connectivity index (χ0v) is 13.9. The third-order valence-electron chi connectivity index (χ3n) is 4.66. The largest absolute Gasteiger partial charge is 0.370 e. The van der Waals surface area contributed by atoms with Crippen LogP contribution in [0.4, 0.5) is 4.39 Å². The van der Waals surface area contributed by atoms with Gasteiger partial charge in [-0.15, -0.1) is 0 Å². The van der Waals surface area contributed by atoms with Crippen LogP contribution in [0, 0.1) is 5.82 Å². The van der Waals surface area contributed by atoms with Crippen LogP contribution in [0.1, 0.15) is 22.2 Å². The summed E-state index contributed by atoms with van der Waals surface area (Å²) in [5, 5.41) is 0.727. The van der Waals surface area contributed by atoms with Gasteiger partial charge in [-0.1, -0.05) is 0 Å². The molecule has 1 aromatic carbocycles. The number of halogens is 1. The number of morpholine rings is 1. The number of rotatable bonds is 2. The van der Waals surface area contributed by atoms with Gasteiger partial charge in [0, 0.05) is 36.9 Å². The van der Waals surface area contributed by atoms with Crippen LogP contribution in [-0.4, -0.2) is 40.1 Å². The first-order valence-electron chi connectivity index (χ1n) is 8.19. The van der Waals surface area contributed by atoms with E-state index in [1.807, 2.05) is 23.7 Å². The van der Waals surface area contributed by atoms with Gasteiger partial charge in [0.25, 0.3) is 5.91 Å². The Bertz CT molecular complexity index is 923. The molecule has 5 nitrogen and oxygen atoms in total. The average Bonchev–Trinajstić information content (AvgIpc) is 2.98. The zero-order valence-electron chi connectivity index (χ0n) is 13.9. The summed E-state index contributed by atoms with van der Waals surface area (Å²) in [7, 11) is 1.83. The van der Waals surface area contributed by atoms with Crippen molar-refractivity contribution in [1.29, 1.82) is 0 Å². The summed E-state index contributed by atoms with van der Waals surface area (Å²) in [5.74, 6) is -0.373. The van der Waals surface area contributed by atoms with Crippen LogP contribution in [0.2, 0.25) is 0 Å². The summed E-state index contributed by atoms with van der Waals surface area (Å²) in [6.07, 6.45) is 3.28. The Morgan fingerprint density at radius 3 is 2.84 bits per heavy atom. The highest BCUT2D eigenvalue weighted by Crippen LogP contribution is 2.25. The van der Waals surface area contributed by atoms with Crippen LogP contribution < -0.4 is 0 Å². The Morgan fingerprint density at radius 1 is 1.24 bits per heavy atom. The van der Waals surface area contributed by atoms with E-state index in [4.69, 9.17) is 4.74 Å². The molecular formula is C19H18FN3O2. The lowest BCUT2D eigenvalue weighted by Gasteiger charge is -2.33. The number of aromatic nitrogens is 2. The molecule has 6 heteroatoms. The number of fused-ring (bicyclic) bond motifs is 1. The molecule has 1 aliphatic heterocycles. The van der Waals surface area contributed by atoms with Gasteiger partial charge in [0.15, 0.2) is 0 Å². The minimum atomic E-state index is -0.304. The summed E-state index contributed by atoms with van der Waals surface area (Å²) in [4.78, 5) is 18.8. The fourth-order valence-electron chi connectivity index (χ4n) is 3.30. The van der Waals surface area contributed by atoms with E-state index in [0.29, 0.717) is 25.4 Å². The number of aryl methyl sites for hydroxylation is 1. The van der Waals surface area contributed by atoms with Gasteiger partial charge < -0.3 is 14.2 Å². The molecule has 1 amide bonds. The maximum absolute atomic E-state index is 13.4. The highest BCUT2D eigenvalue weighted by atomic mass is 19.1. The van der Waals surface area contributed by atoms with Crippen molar-refractivity contribution in [3.05, 3.63) is 65.9 Å². The Balaban J connectivity index is 1.61. The molecule has 1 fully saturated rings. The molecule has 0 aliphatic carbocycles. The number of pyridine rings is 1. The van der Waals surface area contributed by atoms with Crippen molar-refractivity contribution in [2.45, 2.75) is 6.10 Å². The fraction of sp³-hybridized carbons (Fsp3) is 0.263. The molecule has 128 valence electrons. The molecule has 1 aliphatic rings. The second-order valence-corrected chi connectivity index (χ2v) is 6.18. The first-order chi connectivity index (χ1) is 12.1. The molecule has 0 bridgehead atoms. The van der Waals surface area contributed by atoms with Crippen LogP contribution in [0.5, 0.6) is 0 Å². The molecule has 1 saturated heterocycles. The Morgan fingerprint density at radius 2 is 2.04 bits per heavy atom. The van der Waals surface area contributed by atoms with E-state index in [0.717, 1.165) is 16.5 Å². The van der Waals surface area contributed by atoms with E-state index in [1.54, 1.807) is 29.4 Å². The van der Waals surface area contributed by atoms with Crippen molar-refractivity contribution >= 4 is 16.8 Å². The highest BCUT2D eigenvalue weighted by Gasteiger charge is 2.27. The van der Waals surface area contributed by atoms with Crippen LogP contribution in [0.25, 0.3) is 10.9 Å². The SMILES string of the molecule is Cn1c(C(=O)N2CCOC(c3ccncc3)C2)cc2cc(F)ccc21. The van der Waals surface area contributed by atoms with Gasteiger partial charge in [0.05, 0.1) is 13.2 Å². The molecule has 3 heterocycles. The maximum Gasteiger partial charge on any atom is 0.270 e. The van der Waals surface area contributed by atoms with Gasteiger partial charge in [0.2, 0.25) is 0 Å². The van der Waals surface area contributed by atoms with Crippen molar-refractivity contribution in [3.63, 3.8) is 0 Å². The van der Waals surface area contributed by atoms with Crippen molar-refractivity contribution in [2.24, 2.45) is 7.05 Å². The third kappa shape index (κ3) is 2.89. The molecule has 3 aromatic rings. The van der Waals surface area contributed by atoms with E-state index in [2.05, 4.69) is 4.98 Å². The van der Waals surface area contributed by atoms with Crippen molar-refractivity contribution in [1.82, 2.24) is 14.5 Å². The molecule has 0 N–H and O–H groups in total. The quantitative estimate of drug-likeness (QED) is 0.721. The maximum atomic E-state index is 13.4. The van der Waals surface area contributed by atoms with Crippen molar-refractivity contribution in [2.75, 3.05) is 19.7 Å². The second-order valence-electron chi connectivity index (χ2n) is 6.18. The van der Waals surface area contributed by atoms with Crippen LogP contribution >= 0.6 is 0 Å². The van der Waals surface area contributed by atoms with Crippen LogP contribution in [0.15, 0.2) is 48.8 Å². The molecule has 1 unspecified atom stereocenters. The molecule has 1 atom stereocenters. The molecule has 0 spiro atoms. The second kappa shape index (κ2) is 6.29. The van der Waals surface area contributed by atoms with Crippen LogP contribution in [-0.2, 0) is 11.8 Å². The number of amides is 1. The number of benzene rings is 1. The summed E-state index contributed by atoms with van der Waals surface area (Å²) < 4.78 is 21.1. The third-order valence-corrected chi connectivity index (χ3v) is 4.66. The molecule has 0 saturated carbocycles. The van der Waals surface area contributed by atoms with Gasteiger partial charge in [-0.2, -0.15) is 0 Å². The lowest BCUT2D eigenvalue weighted by molar-refractivity contribution is -0.0231. The predicted molar refractivity (Wildman–Crippen MR) is 91.7 cm³/mol. The minimum absolute atomic E-state index is 0.0681. The van der Waals surface area contributed by atoms with E-state index < -0.39 is 0 Å².